The fourth-order valence-electron chi connectivity index (χ4n) is 4.38. The van der Waals surface area contributed by atoms with Crippen molar-refractivity contribution in [2.45, 2.75) is 51.0 Å². The van der Waals surface area contributed by atoms with Gasteiger partial charge in [0.05, 0.1) is 12.7 Å². The molecule has 2 aliphatic rings. The zero-order valence-corrected chi connectivity index (χ0v) is 14.7. The van der Waals surface area contributed by atoms with E-state index in [-0.39, 0.29) is 5.97 Å². The van der Waals surface area contributed by atoms with Gasteiger partial charge in [0, 0.05) is 24.8 Å². The number of esters is 1. The molecule has 1 aromatic carbocycles. The van der Waals surface area contributed by atoms with Crippen LogP contribution in [0.2, 0.25) is 0 Å². The van der Waals surface area contributed by atoms with Crippen molar-refractivity contribution < 1.29 is 9.53 Å². The highest BCUT2D eigenvalue weighted by molar-refractivity contribution is 5.89. The number of hydrogen-bond acceptors (Lipinski definition) is 4. The smallest absolute Gasteiger partial charge is 0.337 e. The number of carbonyl (C=O) groups is 1. The Morgan fingerprint density at radius 3 is 2.62 bits per heavy atom. The third-order valence-corrected chi connectivity index (χ3v) is 5.78. The second-order valence-corrected chi connectivity index (χ2v) is 7.44. The Labute approximate surface area is 145 Å². The van der Waals surface area contributed by atoms with Gasteiger partial charge >= 0.3 is 5.97 Å². The number of rotatable bonds is 4. The van der Waals surface area contributed by atoms with Crippen LogP contribution in [0.3, 0.4) is 0 Å². The molecule has 132 valence electrons. The van der Waals surface area contributed by atoms with E-state index in [0.29, 0.717) is 17.5 Å². The maximum atomic E-state index is 11.6. The number of ether oxygens (including phenoxy) is 1. The molecule has 1 saturated heterocycles. The summed E-state index contributed by atoms with van der Waals surface area (Å²) < 4.78 is 4.77. The Morgan fingerprint density at radius 2 is 1.92 bits per heavy atom. The van der Waals surface area contributed by atoms with Crippen LogP contribution in [-0.2, 0) is 4.74 Å². The molecule has 4 heteroatoms. The SMILES string of the molecule is COC(=O)c1ccc(N2CCC[C@H](C[C@@H]3CCCC[C@H]3N)C2)cc1. The van der Waals surface area contributed by atoms with Gasteiger partial charge < -0.3 is 15.4 Å². The Balaban J connectivity index is 1.59. The molecule has 0 bridgehead atoms. The lowest BCUT2D eigenvalue weighted by molar-refractivity contribution is 0.0601. The maximum Gasteiger partial charge on any atom is 0.337 e. The summed E-state index contributed by atoms with van der Waals surface area (Å²) in [4.78, 5) is 14.0. The van der Waals surface area contributed by atoms with Crippen LogP contribution in [0.25, 0.3) is 0 Å². The van der Waals surface area contributed by atoms with E-state index in [9.17, 15) is 4.79 Å². The number of anilines is 1. The average molecular weight is 330 g/mol. The quantitative estimate of drug-likeness (QED) is 0.857. The average Bonchev–Trinajstić information content (AvgIpc) is 2.63. The number of nitrogens with zero attached hydrogens (tertiary/aromatic N) is 1. The molecule has 1 aromatic rings. The van der Waals surface area contributed by atoms with Gasteiger partial charge in [-0.2, -0.15) is 0 Å². The van der Waals surface area contributed by atoms with Gasteiger partial charge in [-0.3, -0.25) is 0 Å². The number of piperidine rings is 1. The summed E-state index contributed by atoms with van der Waals surface area (Å²) in [6, 6.07) is 8.22. The van der Waals surface area contributed by atoms with E-state index in [4.69, 9.17) is 10.5 Å². The molecule has 2 N–H and O–H groups in total. The highest BCUT2D eigenvalue weighted by atomic mass is 16.5. The van der Waals surface area contributed by atoms with Crippen molar-refractivity contribution in [3.8, 4) is 0 Å². The van der Waals surface area contributed by atoms with E-state index < -0.39 is 0 Å². The molecule has 0 aromatic heterocycles. The monoisotopic (exact) mass is 330 g/mol. The molecular weight excluding hydrogens is 300 g/mol. The second kappa shape index (κ2) is 8.02. The molecule has 1 saturated carbocycles. The molecule has 4 nitrogen and oxygen atoms in total. The first-order valence-corrected chi connectivity index (χ1v) is 9.36. The van der Waals surface area contributed by atoms with Crippen molar-refractivity contribution in [2.24, 2.45) is 17.6 Å². The lowest BCUT2D eigenvalue weighted by Gasteiger charge is -2.38. The molecule has 1 aliphatic carbocycles. The highest BCUT2D eigenvalue weighted by Crippen LogP contribution is 2.33. The van der Waals surface area contributed by atoms with Crippen LogP contribution in [0.5, 0.6) is 0 Å². The zero-order chi connectivity index (χ0) is 16.9. The zero-order valence-electron chi connectivity index (χ0n) is 14.7. The van der Waals surface area contributed by atoms with Crippen molar-refractivity contribution in [1.82, 2.24) is 0 Å². The summed E-state index contributed by atoms with van der Waals surface area (Å²) in [7, 11) is 1.42. The summed E-state index contributed by atoms with van der Waals surface area (Å²) in [5.41, 5.74) is 8.17. The first-order valence-electron chi connectivity index (χ1n) is 9.36. The van der Waals surface area contributed by atoms with Crippen molar-refractivity contribution >= 4 is 11.7 Å². The van der Waals surface area contributed by atoms with Gasteiger partial charge in [-0.1, -0.05) is 12.8 Å². The molecule has 0 unspecified atom stereocenters. The Hall–Kier alpha value is -1.55. The van der Waals surface area contributed by atoms with Crippen LogP contribution < -0.4 is 10.6 Å². The molecule has 0 amide bonds. The third kappa shape index (κ3) is 4.10. The van der Waals surface area contributed by atoms with E-state index in [2.05, 4.69) is 4.90 Å². The van der Waals surface area contributed by atoms with Gasteiger partial charge in [0.2, 0.25) is 0 Å². The molecule has 1 aliphatic heterocycles. The summed E-state index contributed by atoms with van der Waals surface area (Å²) in [6.07, 6.45) is 9.01. The summed E-state index contributed by atoms with van der Waals surface area (Å²) in [6.45, 7) is 2.21. The van der Waals surface area contributed by atoms with Crippen molar-refractivity contribution in [3.05, 3.63) is 29.8 Å². The van der Waals surface area contributed by atoms with Crippen molar-refractivity contribution in [2.75, 3.05) is 25.1 Å². The lowest BCUT2D eigenvalue weighted by Crippen LogP contribution is -2.39. The molecule has 3 atom stereocenters. The van der Waals surface area contributed by atoms with Gasteiger partial charge in [-0.15, -0.1) is 0 Å². The number of nitrogens with two attached hydrogens (primary N) is 1. The first-order chi connectivity index (χ1) is 11.7. The minimum Gasteiger partial charge on any atom is -0.465 e. The Bertz CT molecular complexity index is 543. The van der Waals surface area contributed by atoms with E-state index in [1.165, 1.54) is 57.7 Å². The van der Waals surface area contributed by atoms with Gasteiger partial charge in [-0.25, -0.2) is 4.79 Å². The number of methoxy groups -OCH3 is 1. The molecule has 1 heterocycles. The van der Waals surface area contributed by atoms with Crippen LogP contribution in [0.4, 0.5) is 5.69 Å². The summed E-state index contributed by atoms with van der Waals surface area (Å²) in [5, 5.41) is 0. The van der Waals surface area contributed by atoms with Crippen LogP contribution >= 0.6 is 0 Å². The molecule has 24 heavy (non-hydrogen) atoms. The highest BCUT2D eigenvalue weighted by Gasteiger charge is 2.28. The molecule has 0 spiro atoms. The maximum absolute atomic E-state index is 11.6. The fourth-order valence-corrected chi connectivity index (χ4v) is 4.38. The number of benzene rings is 1. The van der Waals surface area contributed by atoms with Crippen molar-refractivity contribution in [3.63, 3.8) is 0 Å². The Morgan fingerprint density at radius 1 is 1.17 bits per heavy atom. The standard InChI is InChI=1S/C20H30N2O2/c1-24-20(23)16-8-10-18(11-9-16)22-12-4-5-15(14-22)13-17-6-2-3-7-19(17)21/h8-11,15,17,19H,2-7,12-14,21H2,1H3/t15-,17+,19-/m1/s1. The number of hydrogen-bond donors (Lipinski definition) is 1. The second-order valence-electron chi connectivity index (χ2n) is 7.44. The van der Waals surface area contributed by atoms with Gasteiger partial charge in [0.25, 0.3) is 0 Å². The molecular formula is C20H30N2O2. The van der Waals surface area contributed by atoms with E-state index in [1.54, 1.807) is 0 Å². The van der Waals surface area contributed by atoms with E-state index in [1.807, 2.05) is 24.3 Å². The minimum absolute atomic E-state index is 0.274. The molecule has 0 radical (unpaired) electrons. The van der Waals surface area contributed by atoms with Crippen LogP contribution in [0.1, 0.15) is 55.3 Å². The Kier molecular flexibility index (Phi) is 5.77. The normalized spacial score (nSPS) is 27.8. The summed E-state index contributed by atoms with van der Waals surface area (Å²) in [5.74, 6) is 1.18. The third-order valence-electron chi connectivity index (χ3n) is 5.78. The van der Waals surface area contributed by atoms with E-state index in [0.717, 1.165) is 19.0 Å². The molecule has 2 fully saturated rings. The van der Waals surface area contributed by atoms with Gasteiger partial charge in [-0.05, 0) is 68.2 Å². The van der Waals surface area contributed by atoms with E-state index >= 15 is 0 Å². The first kappa shape index (κ1) is 17.3. The number of carbonyl (C=O) groups excluding carboxylic acids is 1. The predicted octanol–water partition coefficient (Wildman–Crippen LogP) is 3.60. The van der Waals surface area contributed by atoms with Crippen LogP contribution in [0.15, 0.2) is 24.3 Å². The largest absolute Gasteiger partial charge is 0.465 e. The minimum atomic E-state index is -0.274. The topological polar surface area (TPSA) is 55.6 Å². The van der Waals surface area contributed by atoms with Gasteiger partial charge in [0.15, 0.2) is 0 Å². The van der Waals surface area contributed by atoms with Gasteiger partial charge in [0.1, 0.15) is 0 Å². The predicted molar refractivity (Wildman–Crippen MR) is 97.3 cm³/mol. The van der Waals surface area contributed by atoms with Crippen LogP contribution in [0, 0.1) is 11.8 Å². The fraction of sp³-hybridized carbons (Fsp3) is 0.650. The molecule has 3 rings (SSSR count). The summed E-state index contributed by atoms with van der Waals surface area (Å²) >= 11 is 0. The lowest BCUT2D eigenvalue weighted by atomic mass is 9.77. The van der Waals surface area contributed by atoms with Crippen LogP contribution in [-0.4, -0.2) is 32.2 Å². The van der Waals surface area contributed by atoms with Crippen molar-refractivity contribution in [1.29, 1.82) is 0 Å².